The summed E-state index contributed by atoms with van der Waals surface area (Å²) >= 11 is 0. The molecule has 6 nitrogen and oxygen atoms in total. The van der Waals surface area contributed by atoms with Crippen LogP contribution in [-0.4, -0.2) is 55.8 Å². The number of ether oxygens (including phenoxy) is 1. The molecule has 1 heterocycles. The smallest absolute Gasteiger partial charge is 0.409 e. The summed E-state index contributed by atoms with van der Waals surface area (Å²) in [5.41, 5.74) is 0. The fraction of sp³-hybridized carbons (Fsp3) is 0.875. The third kappa shape index (κ3) is 7.00. The molecule has 0 saturated carbocycles. The van der Waals surface area contributed by atoms with E-state index in [4.69, 9.17) is 4.74 Å². The van der Waals surface area contributed by atoms with Crippen molar-refractivity contribution in [2.75, 3.05) is 32.8 Å². The van der Waals surface area contributed by atoms with Gasteiger partial charge in [0, 0.05) is 32.2 Å². The van der Waals surface area contributed by atoms with Crippen molar-refractivity contribution in [1.29, 1.82) is 0 Å². The van der Waals surface area contributed by atoms with Crippen LogP contribution < -0.4 is 10.6 Å². The highest BCUT2D eigenvalue weighted by atomic mass is 16.6. The lowest BCUT2D eigenvalue weighted by Crippen LogP contribution is -2.49. The zero-order valence-electron chi connectivity index (χ0n) is 14.4. The minimum absolute atomic E-state index is 0.193. The first-order valence-electron chi connectivity index (χ1n) is 8.67. The molecule has 2 N–H and O–H groups in total. The Bertz CT molecular complexity index is 339. The van der Waals surface area contributed by atoms with E-state index in [2.05, 4.69) is 29.5 Å². The number of likely N-dealkylation sites (tertiary alicyclic amines) is 1. The number of piperidine rings is 1. The molecule has 1 amide bonds. The fourth-order valence-electron chi connectivity index (χ4n) is 2.49. The second-order valence-electron chi connectivity index (χ2n) is 5.57. The zero-order chi connectivity index (χ0) is 16.2. The van der Waals surface area contributed by atoms with Crippen LogP contribution in [0.15, 0.2) is 4.99 Å². The fourth-order valence-corrected chi connectivity index (χ4v) is 2.49. The number of nitrogens with zero attached hydrogens (tertiary/aromatic N) is 2. The van der Waals surface area contributed by atoms with Gasteiger partial charge < -0.3 is 20.3 Å². The molecule has 0 radical (unpaired) electrons. The van der Waals surface area contributed by atoms with Gasteiger partial charge in [-0.25, -0.2) is 4.79 Å². The Morgan fingerprint density at radius 2 is 1.95 bits per heavy atom. The monoisotopic (exact) mass is 312 g/mol. The quantitative estimate of drug-likeness (QED) is 0.430. The third-order valence-corrected chi connectivity index (χ3v) is 3.74. The van der Waals surface area contributed by atoms with Gasteiger partial charge in [-0.15, -0.1) is 0 Å². The highest BCUT2D eigenvalue weighted by Gasteiger charge is 2.23. The van der Waals surface area contributed by atoms with Gasteiger partial charge in [0.05, 0.1) is 6.61 Å². The number of aliphatic imine (C=N–C) groups is 1. The molecule has 6 heteroatoms. The number of guanidine groups is 1. The van der Waals surface area contributed by atoms with E-state index < -0.39 is 0 Å². The van der Waals surface area contributed by atoms with E-state index in [1.807, 2.05) is 6.92 Å². The van der Waals surface area contributed by atoms with Crippen LogP contribution in [0, 0.1) is 0 Å². The number of rotatable bonds is 7. The first-order valence-corrected chi connectivity index (χ1v) is 8.67. The summed E-state index contributed by atoms with van der Waals surface area (Å²) in [4.78, 5) is 18.1. The van der Waals surface area contributed by atoms with Crippen molar-refractivity contribution < 1.29 is 9.53 Å². The van der Waals surface area contributed by atoms with E-state index in [0.717, 1.165) is 51.4 Å². The van der Waals surface area contributed by atoms with Crippen LogP contribution in [-0.2, 0) is 4.74 Å². The summed E-state index contributed by atoms with van der Waals surface area (Å²) in [5, 5.41) is 6.78. The first-order chi connectivity index (χ1) is 10.7. The molecule has 0 aromatic heterocycles. The standard InChI is InChI=1S/C16H32N4O2/c1-4-7-8-11-18-15(17-5-2)19-14-9-12-20(13-10-14)16(21)22-6-3/h14H,4-13H2,1-3H3,(H2,17,18,19). The summed E-state index contributed by atoms with van der Waals surface area (Å²) in [6.45, 7) is 9.76. The lowest BCUT2D eigenvalue weighted by atomic mass is 10.1. The van der Waals surface area contributed by atoms with E-state index in [1.54, 1.807) is 4.90 Å². The molecule has 0 unspecified atom stereocenters. The lowest BCUT2D eigenvalue weighted by Gasteiger charge is -2.32. The highest BCUT2D eigenvalue weighted by molar-refractivity contribution is 5.80. The van der Waals surface area contributed by atoms with Crippen molar-refractivity contribution in [2.45, 2.75) is 58.9 Å². The molecule has 1 rings (SSSR count). The maximum Gasteiger partial charge on any atom is 0.409 e. The van der Waals surface area contributed by atoms with Crippen LogP contribution in [0.1, 0.15) is 52.9 Å². The molecule has 0 bridgehead atoms. The Hall–Kier alpha value is -1.46. The molecule has 1 saturated heterocycles. The Labute approximate surface area is 134 Å². The molecule has 128 valence electrons. The van der Waals surface area contributed by atoms with Crippen LogP contribution in [0.3, 0.4) is 0 Å². The average Bonchev–Trinajstić information content (AvgIpc) is 2.52. The third-order valence-electron chi connectivity index (χ3n) is 3.74. The minimum Gasteiger partial charge on any atom is -0.450 e. The molecule has 0 spiro atoms. The average molecular weight is 312 g/mol. The number of nitrogens with one attached hydrogen (secondary N) is 2. The van der Waals surface area contributed by atoms with E-state index >= 15 is 0 Å². The van der Waals surface area contributed by atoms with Gasteiger partial charge in [-0.2, -0.15) is 0 Å². The largest absolute Gasteiger partial charge is 0.450 e. The lowest BCUT2D eigenvalue weighted by molar-refractivity contribution is 0.0963. The second kappa shape index (κ2) is 11.2. The second-order valence-corrected chi connectivity index (χ2v) is 5.57. The van der Waals surface area contributed by atoms with Gasteiger partial charge in [0.25, 0.3) is 0 Å². The van der Waals surface area contributed by atoms with Gasteiger partial charge in [0.15, 0.2) is 5.96 Å². The molecule has 0 aromatic carbocycles. The summed E-state index contributed by atoms with van der Waals surface area (Å²) in [6.07, 6.45) is 5.23. The molecule has 0 aromatic rings. The van der Waals surface area contributed by atoms with Crippen molar-refractivity contribution in [3.63, 3.8) is 0 Å². The maximum atomic E-state index is 11.7. The summed E-state index contributed by atoms with van der Waals surface area (Å²) in [5.74, 6) is 0.896. The zero-order valence-corrected chi connectivity index (χ0v) is 14.4. The van der Waals surface area contributed by atoms with E-state index in [1.165, 1.54) is 12.8 Å². The molecular formula is C16H32N4O2. The Morgan fingerprint density at radius 1 is 1.23 bits per heavy atom. The number of unbranched alkanes of at least 4 members (excludes halogenated alkanes) is 2. The SMILES string of the molecule is CCCCCN=C(NCC)NC1CCN(C(=O)OCC)CC1. The number of amides is 1. The highest BCUT2D eigenvalue weighted by Crippen LogP contribution is 2.11. The number of hydrogen-bond acceptors (Lipinski definition) is 3. The Balaban J connectivity index is 2.36. The van der Waals surface area contributed by atoms with E-state index in [-0.39, 0.29) is 6.09 Å². The van der Waals surface area contributed by atoms with Crippen molar-refractivity contribution >= 4 is 12.1 Å². The predicted molar refractivity (Wildman–Crippen MR) is 90.3 cm³/mol. The molecule has 1 aliphatic heterocycles. The number of carbonyl (C=O) groups excluding carboxylic acids is 1. The maximum absolute atomic E-state index is 11.7. The predicted octanol–water partition coefficient (Wildman–Crippen LogP) is 2.35. The summed E-state index contributed by atoms with van der Waals surface area (Å²) in [7, 11) is 0. The number of carbonyl (C=O) groups is 1. The first kappa shape index (κ1) is 18.6. The van der Waals surface area contributed by atoms with Gasteiger partial charge in [-0.05, 0) is 33.1 Å². The van der Waals surface area contributed by atoms with Crippen LogP contribution >= 0.6 is 0 Å². The van der Waals surface area contributed by atoms with E-state index in [0.29, 0.717) is 12.6 Å². The van der Waals surface area contributed by atoms with Crippen LogP contribution in [0.5, 0.6) is 0 Å². The van der Waals surface area contributed by atoms with Crippen molar-refractivity contribution in [2.24, 2.45) is 4.99 Å². The topological polar surface area (TPSA) is 66.0 Å². The van der Waals surface area contributed by atoms with Gasteiger partial charge in [0.2, 0.25) is 0 Å². The molecule has 22 heavy (non-hydrogen) atoms. The van der Waals surface area contributed by atoms with Gasteiger partial charge in [-0.1, -0.05) is 19.8 Å². The Morgan fingerprint density at radius 3 is 2.55 bits per heavy atom. The van der Waals surface area contributed by atoms with Gasteiger partial charge >= 0.3 is 6.09 Å². The molecule has 1 fully saturated rings. The van der Waals surface area contributed by atoms with Crippen LogP contribution in [0.2, 0.25) is 0 Å². The van der Waals surface area contributed by atoms with Crippen molar-refractivity contribution in [3.8, 4) is 0 Å². The van der Waals surface area contributed by atoms with Gasteiger partial charge in [0.1, 0.15) is 0 Å². The van der Waals surface area contributed by atoms with E-state index in [9.17, 15) is 4.79 Å². The van der Waals surface area contributed by atoms with Crippen molar-refractivity contribution in [1.82, 2.24) is 15.5 Å². The van der Waals surface area contributed by atoms with Gasteiger partial charge in [-0.3, -0.25) is 4.99 Å². The van der Waals surface area contributed by atoms with Crippen LogP contribution in [0.4, 0.5) is 4.79 Å². The molecule has 0 aliphatic carbocycles. The molecule has 1 aliphatic rings. The molecular weight excluding hydrogens is 280 g/mol. The molecule has 0 atom stereocenters. The van der Waals surface area contributed by atoms with Crippen molar-refractivity contribution in [3.05, 3.63) is 0 Å². The summed E-state index contributed by atoms with van der Waals surface area (Å²) < 4.78 is 5.04. The summed E-state index contributed by atoms with van der Waals surface area (Å²) in [6, 6.07) is 0.370. The minimum atomic E-state index is -0.193. The van der Waals surface area contributed by atoms with Crippen LogP contribution in [0.25, 0.3) is 0 Å². The number of hydrogen-bond donors (Lipinski definition) is 2. The normalized spacial score (nSPS) is 16.5. The Kier molecular flexibility index (Phi) is 9.42.